The summed E-state index contributed by atoms with van der Waals surface area (Å²) in [6.07, 6.45) is 1.74. The molecule has 0 aromatic carbocycles. The summed E-state index contributed by atoms with van der Waals surface area (Å²) < 4.78 is 0. The first-order valence-electron chi connectivity index (χ1n) is 7.06. The molecule has 2 rings (SSSR count). The number of amides is 2. The van der Waals surface area contributed by atoms with Crippen molar-refractivity contribution in [1.29, 1.82) is 0 Å². The van der Waals surface area contributed by atoms with Crippen LogP contribution in [0.2, 0.25) is 0 Å². The second kappa shape index (κ2) is 6.90. The van der Waals surface area contributed by atoms with E-state index in [-0.39, 0.29) is 12.1 Å². The van der Waals surface area contributed by atoms with E-state index < -0.39 is 0 Å². The molecule has 0 unspecified atom stereocenters. The Balaban J connectivity index is 1.83. The fraction of sp³-hybridized carbons (Fsp3) is 0.533. The topological polar surface area (TPSA) is 35.6 Å². The van der Waals surface area contributed by atoms with Crippen molar-refractivity contribution in [2.24, 2.45) is 0 Å². The number of hydrogen-bond acceptors (Lipinski definition) is 3. The minimum Gasteiger partial charge on any atom is -0.332 e. The van der Waals surface area contributed by atoms with Gasteiger partial charge < -0.3 is 10.2 Å². The fourth-order valence-electron chi connectivity index (χ4n) is 2.38. The number of rotatable bonds is 4. The van der Waals surface area contributed by atoms with E-state index in [0.29, 0.717) is 6.04 Å². The number of nitrogens with one attached hydrogen (secondary N) is 1. The smallest absolute Gasteiger partial charge is 0.317 e. The minimum atomic E-state index is 0.0141. The molecule has 20 heavy (non-hydrogen) atoms. The molecule has 110 valence electrons. The minimum absolute atomic E-state index is 0.0141. The van der Waals surface area contributed by atoms with Crippen molar-refractivity contribution in [1.82, 2.24) is 15.1 Å². The van der Waals surface area contributed by atoms with Gasteiger partial charge in [0.15, 0.2) is 0 Å². The van der Waals surface area contributed by atoms with Crippen molar-refractivity contribution in [2.45, 2.75) is 25.9 Å². The summed E-state index contributed by atoms with van der Waals surface area (Å²) in [7, 11) is 0. The molecular weight excluding hydrogens is 270 g/mol. The van der Waals surface area contributed by atoms with Gasteiger partial charge in [-0.25, -0.2) is 4.79 Å². The molecule has 2 atom stereocenters. The molecule has 0 aliphatic carbocycles. The van der Waals surface area contributed by atoms with Crippen LogP contribution in [-0.2, 0) is 0 Å². The summed E-state index contributed by atoms with van der Waals surface area (Å²) in [6.45, 7) is 11.3. The van der Waals surface area contributed by atoms with E-state index in [2.05, 4.69) is 40.5 Å². The fourth-order valence-corrected chi connectivity index (χ4v) is 3.13. The summed E-state index contributed by atoms with van der Waals surface area (Å²) >= 11 is 1.74. The predicted molar refractivity (Wildman–Crippen MR) is 84.1 cm³/mol. The lowest BCUT2D eigenvalue weighted by Crippen LogP contribution is -2.53. The maximum absolute atomic E-state index is 12.0. The molecule has 1 aromatic heterocycles. The summed E-state index contributed by atoms with van der Waals surface area (Å²) in [5, 5.41) is 7.24. The van der Waals surface area contributed by atoms with Crippen LogP contribution in [0.15, 0.2) is 29.5 Å². The molecule has 1 N–H and O–H groups in total. The first-order valence-corrected chi connectivity index (χ1v) is 8.00. The number of hydrogen-bond donors (Lipinski definition) is 1. The lowest BCUT2D eigenvalue weighted by Gasteiger charge is -2.38. The Morgan fingerprint density at radius 3 is 2.65 bits per heavy atom. The average molecular weight is 293 g/mol. The second-order valence-electron chi connectivity index (χ2n) is 5.23. The number of thiophene rings is 1. The molecule has 4 nitrogen and oxygen atoms in total. The molecule has 1 saturated heterocycles. The summed E-state index contributed by atoms with van der Waals surface area (Å²) in [5.74, 6) is 0. The van der Waals surface area contributed by atoms with Crippen molar-refractivity contribution < 1.29 is 4.79 Å². The highest BCUT2D eigenvalue weighted by Gasteiger charge is 2.25. The lowest BCUT2D eigenvalue weighted by atomic mass is 10.1. The van der Waals surface area contributed by atoms with Gasteiger partial charge >= 0.3 is 6.03 Å². The van der Waals surface area contributed by atoms with Crippen molar-refractivity contribution in [3.63, 3.8) is 0 Å². The maximum Gasteiger partial charge on any atom is 0.317 e. The van der Waals surface area contributed by atoms with E-state index in [4.69, 9.17) is 0 Å². The Hall–Kier alpha value is -1.33. The van der Waals surface area contributed by atoms with Gasteiger partial charge in [-0.15, -0.1) is 6.58 Å². The van der Waals surface area contributed by atoms with Crippen LogP contribution in [0.4, 0.5) is 4.79 Å². The maximum atomic E-state index is 12.0. The normalized spacial score (nSPS) is 19.4. The Morgan fingerprint density at radius 1 is 1.40 bits per heavy atom. The van der Waals surface area contributed by atoms with Crippen LogP contribution in [-0.4, -0.2) is 48.1 Å². The van der Waals surface area contributed by atoms with Crippen LogP contribution in [0.5, 0.6) is 0 Å². The van der Waals surface area contributed by atoms with Crippen LogP contribution in [0.3, 0.4) is 0 Å². The standard InChI is InChI=1S/C15H23N3OS/c1-4-12(2)16-15(19)18-8-6-17(7-9-18)13(3)14-5-10-20-11-14/h4-5,10-13H,1,6-9H2,2-3H3,(H,16,19)/t12-,13-/m1/s1. The van der Waals surface area contributed by atoms with Crippen LogP contribution < -0.4 is 5.32 Å². The SMILES string of the molecule is C=C[C@@H](C)NC(=O)N1CCN([C@H](C)c2ccsc2)CC1. The molecular formula is C15H23N3OS. The van der Waals surface area contributed by atoms with Gasteiger partial charge in [-0.2, -0.15) is 11.3 Å². The van der Waals surface area contributed by atoms with Gasteiger partial charge in [-0.1, -0.05) is 6.08 Å². The third-order valence-corrected chi connectivity index (χ3v) is 4.58. The summed E-state index contributed by atoms with van der Waals surface area (Å²) in [6, 6.07) is 2.64. The van der Waals surface area contributed by atoms with Gasteiger partial charge in [0, 0.05) is 38.3 Å². The molecule has 0 bridgehead atoms. The monoisotopic (exact) mass is 293 g/mol. The van der Waals surface area contributed by atoms with Gasteiger partial charge in [0.05, 0.1) is 0 Å². The quantitative estimate of drug-likeness (QED) is 0.866. The molecule has 1 aliphatic rings. The number of nitrogens with zero attached hydrogens (tertiary/aromatic N) is 2. The molecule has 1 fully saturated rings. The first kappa shape index (κ1) is 15.1. The molecule has 0 saturated carbocycles. The van der Waals surface area contributed by atoms with Crippen molar-refractivity contribution >= 4 is 17.4 Å². The van der Waals surface area contributed by atoms with E-state index in [9.17, 15) is 4.79 Å². The van der Waals surface area contributed by atoms with E-state index in [0.717, 1.165) is 26.2 Å². The Labute approximate surface area is 125 Å². The van der Waals surface area contributed by atoms with Gasteiger partial charge in [-0.05, 0) is 36.2 Å². The van der Waals surface area contributed by atoms with Crippen LogP contribution in [0, 0.1) is 0 Å². The van der Waals surface area contributed by atoms with Gasteiger partial charge in [-0.3, -0.25) is 4.90 Å². The third kappa shape index (κ3) is 3.61. The molecule has 2 amide bonds. The predicted octanol–water partition coefficient (Wildman–Crippen LogP) is 2.71. The zero-order chi connectivity index (χ0) is 14.5. The van der Waals surface area contributed by atoms with Gasteiger partial charge in [0.2, 0.25) is 0 Å². The lowest BCUT2D eigenvalue weighted by molar-refractivity contribution is 0.113. The highest BCUT2D eigenvalue weighted by molar-refractivity contribution is 7.07. The van der Waals surface area contributed by atoms with Crippen LogP contribution >= 0.6 is 11.3 Å². The van der Waals surface area contributed by atoms with E-state index in [1.54, 1.807) is 17.4 Å². The van der Waals surface area contributed by atoms with Gasteiger partial charge in [0.25, 0.3) is 0 Å². The third-order valence-electron chi connectivity index (χ3n) is 3.88. The molecule has 0 radical (unpaired) electrons. The van der Waals surface area contributed by atoms with Crippen molar-refractivity contribution in [3.05, 3.63) is 35.0 Å². The zero-order valence-electron chi connectivity index (χ0n) is 12.2. The van der Waals surface area contributed by atoms with Crippen molar-refractivity contribution in [2.75, 3.05) is 26.2 Å². The molecule has 2 heterocycles. The zero-order valence-corrected chi connectivity index (χ0v) is 13.0. The highest BCUT2D eigenvalue weighted by atomic mass is 32.1. The Bertz CT molecular complexity index is 438. The molecule has 1 aliphatic heterocycles. The summed E-state index contributed by atoms with van der Waals surface area (Å²) in [5.41, 5.74) is 1.37. The molecule has 1 aromatic rings. The molecule has 0 spiro atoms. The Kier molecular flexibility index (Phi) is 5.20. The molecule has 5 heteroatoms. The van der Waals surface area contributed by atoms with E-state index in [1.165, 1.54) is 5.56 Å². The first-order chi connectivity index (χ1) is 9.61. The number of piperazine rings is 1. The van der Waals surface area contributed by atoms with E-state index in [1.807, 2.05) is 11.8 Å². The average Bonchev–Trinajstić information content (AvgIpc) is 3.00. The summed E-state index contributed by atoms with van der Waals surface area (Å²) in [4.78, 5) is 16.3. The highest BCUT2D eigenvalue weighted by Crippen LogP contribution is 2.23. The van der Waals surface area contributed by atoms with Crippen molar-refractivity contribution in [3.8, 4) is 0 Å². The number of carbonyl (C=O) groups excluding carboxylic acids is 1. The Morgan fingerprint density at radius 2 is 2.10 bits per heavy atom. The largest absolute Gasteiger partial charge is 0.332 e. The number of urea groups is 1. The van der Waals surface area contributed by atoms with E-state index >= 15 is 0 Å². The van der Waals surface area contributed by atoms with Crippen LogP contribution in [0.1, 0.15) is 25.5 Å². The van der Waals surface area contributed by atoms with Gasteiger partial charge in [0.1, 0.15) is 0 Å². The number of carbonyl (C=O) groups is 1. The van der Waals surface area contributed by atoms with Crippen LogP contribution in [0.25, 0.3) is 0 Å². The second-order valence-corrected chi connectivity index (χ2v) is 6.01.